The van der Waals surface area contributed by atoms with Gasteiger partial charge in [-0.1, -0.05) is 11.3 Å². The molecule has 1 fully saturated rings. The van der Waals surface area contributed by atoms with E-state index in [0.29, 0.717) is 5.92 Å². The number of thiazole rings is 1. The van der Waals surface area contributed by atoms with Crippen LogP contribution in [0.2, 0.25) is 0 Å². The van der Waals surface area contributed by atoms with Crippen LogP contribution in [0.5, 0.6) is 0 Å². The van der Waals surface area contributed by atoms with Crippen LogP contribution in [0.1, 0.15) is 19.8 Å². The third-order valence-corrected chi connectivity index (χ3v) is 5.00. The molecular formula is C15H20N4OS. The summed E-state index contributed by atoms with van der Waals surface area (Å²) in [5.41, 5.74) is 7.62. The number of hydrogen-bond acceptors (Lipinski definition) is 5. The average molecular weight is 304 g/mol. The van der Waals surface area contributed by atoms with Crippen molar-refractivity contribution in [3.05, 3.63) is 18.2 Å². The topological polar surface area (TPSA) is 71.2 Å². The monoisotopic (exact) mass is 304 g/mol. The van der Waals surface area contributed by atoms with Gasteiger partial charge in [0.25, 0.3) is 0 Å². The molecule has 1 aliphatic rings. The molecule has 6 heteroatoms. The van der Waals surface area contributed by atoms with Gasteiger partial charge in [0, 0.05) is 32.2 Å². The van der Waals surface area contributed by atoms with Crippen LogP contribution in [-0.4, -0.2) is 30.5 Å². The quantitative estimate of drug-likeness (QED) is 0.853. The zero-order valence-corrected chi connectivity index (χ0v) is 12.9. The maximum absolute atomic E-state index is 11.0. The minimum atomic E-state index is 0.0567. The van der Waals surface area contributed by atoms with Crippen LogP contribution in [0.15, 0.2) is 18.2 Å². The standard InChI is InChI=1S/C15H20N4OS/c1-10(20)17-9-11-4-6-19(7-5-11)15-18-13-3-2-12(16)8-14(13)21-15/h2-3,8,11H,4-7,9,16H2,1H3,(H,17,20). The number of carbonyl (C=O) groups is 1. The van der Waals surface area contributed by atoms with E-state index in [9.17, 15) is 4.79 Å². The van der Waals surface area contributed by atoms with Crippen molar-refractivity contribution in [1.29, 1.82) is 0 Å². The van der Waals surface area contributed by atoms with Crippen molar-refractivity contribution in [1.82, 2.24) is 10.3 Å². The highest BCUT2D eigenvalue weighted by molar-refractivity contribution is 7.22. The molecule has 21 heavy (non-hydrogen) atoms. The van der Waals surface area contributed by atoms with Gasteiger partial charge in [0.2, 0.25) is 5.91 Å². The van der Waals surface area contributed by atoms with Crippen LogP contribution in [0.25, 0.3) is 10.2 Å². The fourth-order valence-corrected chi connectivity index (χ4v) is 3.75. The number of piperidine rings is 1. The molecule has 0 saturated carbocycles. The fraction of sp³-hybridized carbons (Fsp3) is 0.467. The Balaban J connectivity index is 1.64. The second-order valence-electron chi connectivity index (χ2n) is 5.59. The predicted molar refractivity (Wildman–Crippen MR) is 87.7 cm³/mol. The summed E-state index contributed by atoms with van der Waals surface area (Å²) in [5.74, 6) is 0.636. The molecule has 1 aromatic heterocycles. The number of fused-ring (bicyclic) bond motifs is 1. The van der Waals surface area contributed by atoms with E-state index >= 15 is 0 Å². The van der Waals surface area contributed by atoms with Gasteiger partial charge in [-0.25, -0.2) is 4.98 Å². The van der Waals surface area contributed by atoms with Gasteiger partial charge >= 0.3 is 0 Å². The van der Waals surface area contributed by atoms with Crippen LogP contribution in [-0.2, 0) is 4.79 Å². The van der Waals surface area contributed by atoms with Crippen molar-refractivity contribution in [2.24, 2.45) is 5.92 Å². The molecule has 112 valence electrons. The number of nitrogen functional groups attached to an aromatic ring is 1. The Morgan fingerprint density at radius 3 is 2.95 bits per heavy atom. The fourth-order valence-electron chi connectivity index (χ4n) is 2.68. The lowest BCUT2D eigenvalue weighted by atomic mass is 9.97. The summed E-state index contributed by atoms with van der Waals surface area (Å²) in [4.78, 5) is 18.0. The van der Waals surface area contributed by atoms with Crippen molar-refractivity contribution in [2.75, 3.05) is 30.3 Å². The molecule has 3 rings (SSSR count). The number of nitrogens with zero attached hydrogens (tertiary/aromatic N) is 2. The first-order chi connectivity index (χ1) is 10.1. The Kier molecular flexibility index (Phi) is 3.96. The second-order valence-corrected chi connectivity index (χ2v) is 6.60. The average Bonchev–Trinajstić information content (AvgIpc) is 2.88. The Morgan fingerprint density at radius 1 is 1.48 bits per heavy atom. The van der Waals surface area contributed by atoms with E-state index in [4.69, 9.17) is 10.7 Å². The Hall–Kier alpha value is -1.82. The summed E-state index contributed by atoms with van der Waals surface area (Å²) >= 11 is 1.70. The molecule has 2 heterocycles. The van der Waals surface area contributed by atoms with Crippen molar-refractivity contribution in [3.63, 3.8) is 0 Å². The largest absolute Gasteiger partial charge is 0.399 e. The molecule has 0 bridgehead atoms. The summed E-state index contributed by atoms with van der Waals surface area (Å²) in [6.07, 6.45) is 2.19. The Labute approximate surface area is 128 Å². The zero-order valence-electron chi connectivity index (χ0n) is 12.1. The summed E-state index contributed by atoms with van der Waals surface area (Å²) in [7, 11) is 0. The molecule has 2 aromatic rings. The van der Waals surface area contributed by atoms with E-state index in [2.05, 4.69) is 10.2 Å². The third-order valence-electron chi connectivity index (χ3n) is 3.93. The first kappa shape index (κ1) is 14.1. The summed E-state index contributed by atoms with van der Waals surface area (Å²) in [6.45, 7) is 4.36. The minimum absolute atomic E-state index is 0.0567. The maximum Gasteiger partial charge on any atom is 0.216 e. The molecule has 3 N–H and O–H groups in total. The number of hydrogen-bond donors (Lipinski definition) is 2. The van der Waals surface area contributed by atoms with Gasteiger partial charge in [0.05, 0.1) is 10.2 Å². The van der Waals surface area contributed by atoms with Crippen molar-refractivity contribution >= 4 is 38.3 Å². The zero-order chi connectivity index (χ0) is 14.8. The van der Waals surface area contributed by atoms with E-state index in [1.54, 1.807) is 18.3 Å². The van der Waals surface area contributed by atoms with E-state index < -0.39 is 0 Å². The molecule has 1 amide bonds. The van der Waals surface area contributed by atoms with E-state index in [1.807, 2.05) is 18.2 Å². The highest BCUT2D eigenvalue weighted by atomic mass is 32.1. The molecule has 0 spiro atoms. The van der Waals surface area contributed by atoms with Gasteiger partial charge in [-0.05, 0) is 37.0 Å². The van der Waals surface area contributed by atoms with Gasteiger partial charge in [-0.15, -0.1) is 0 Å². The van der Waals surface area contributed by atoms with Gasteiger partial charge in [0.15, 0.2) is 5.13 Å². The molecule has 1 aliphatic heterocycles. The van der Waals surface area contributed by atoms with E-state index in [-0.39, 0.29) is 5.91 Å². The number of anilines is 2. The number of carbonyl (C=O) groups excluding carboxylic acids is 1. The lowest BCUT2D eigenvalue weighted by molar-refractivity contribution is -0.119. The number of nitrogens with two attached hydrogens (primary N) is 1. The van der Waals surface area contributed by atoms with Crippen LogP contribution in [0, 0.1) is 5.92 Å². The first-order valence-electron chi connectivity index (χ1n) is 7.27. The van der Waals surface area contributed by atoms with Gasteiger partial charge in [-0.3, -0.25) is 4.79 Å². The molecule has 1 saturated heterocycles. The Bertz CT molecular complexity index is 646. The third kappa shape index (κ3) is 3.26. The summed E-state index contributed by atoms with van der Waals surface area (Å²) < 4.78 is 1.14. The SMILES string of the molecule is CC(=O)NCC1CCN(c2nc3ccc(N)cc3s2)CC1. The van der Waals surface area contributed by atoms with Crippen molar-refractivity contribution < 1.29 is 4.79 Å². The van der Waals surface area contributed by atoms with Gasteiger partial charge in [-0.2, -0.15) is 0 Å². The van der Waals surface area contributed by atoms with Crippen LogP contribution < -0.4 is 16.0 Å². The molecule has 0 aliphatic carbocycles. The second kappa shape index (κ2) is 5.89. The Morgan fingerprint density at radius 2 is 2.24 bits per heavy atom. The van der Waals surface area contributed by atoms with Crippen LogP contribution >= 0.6 is 11.3 Å². The molecule has 1 aromatic carbocycles. The highest BCUT2D eigenvalue weighted by Gasteiger charge is 2.21. The molecule has 5 nitrogen and oxygen atoms in total. The number of benzene rings is 1. The smallest absolute Gasteiger partial charge is 0.216 e. The van der Waals surface area contributed by atoms with Gasteiger partial charge in [0.1, 0.15) is 0 Å². The molecule has 0 atom stereocenters. The minimum Gasteiger partial charge on any atom is -0.399 e. The summed E-state index contributed by atoms with van der Waals surface area (Å²) in [6, 6.07) is 5.86. The highest BCUT2D eigenvalue weighted by Crippen LogP contribution is 2.32. The van der Waals surface area contributed by atoms with Crippen LogP contribution in [0.3, 0.4) is 0 Å². The first-order valence-corrected chi connectivity index (χ1v) is 8.09. The number of aromatic nitrogens is 1. The van der Waals surface area contributed by atoms with E-state index in [1.165, 1.54) is 0 Å². The number of rotatable bonds is 3. The van der Waals surface area contributed by atoms with Gasteiger partial charge < -0.3 is 16.0 Å². The lowest BCUT2D eigenvalue weighted by Gasteiger charge is -2.31. The molecule has 0 radical (unpaired) electrons. The maximum atomic E-state index is 11.0. The molecular weight excluding hydrogens is 284 g/mol. The van der Waals surface area contributed by atoms with E-state index in [0.717, 1.165) is 53.5 Å². The van der Waals surface area contributed by atoms with Crippen molar-refractivity contribution in [2.45, 2.75) is 19.8 Å². The summed E-state index contributed by atoms with van der Waals surface area (Å²) in [5, 5.41) is 3.99. The number of amides is 1. The predicted octanol–water partition coefficient (Wildman–Crippen LogP) is 2.23. The van der Waals surface area contributed by atoms with Crippen LogP contribution in [0.4, 0.5) is 10.8 Å². The lowest BCUT2D eigenvalue weighted by Crippen LogP contribution is -2.38. The normalized spacial score (nSPS) is 16.3. The van der Waals surface area contributed by atoms with Crippen molar-refractivity contribution in [3.8, 4) is 0 Å². The molecule has 0 unspecified atom stereocenters. The number of nitrogens with one attached hydrogen (secondary N) is 1.